The lowest BCUT2D eigenvalue weighted by Crippen LogP contribution is -2.38. The summed E-state index contributed by atoms with van der Waals surface area (Å²) in [7, 11) is 0. The van der Waals surface area contributed by atoms with Crippen molar-refractivity contribution in [3.63, 3.8) is 0 Å². The second-order valence-corrected chi connectivity index (χ2v) is 4.01. The van der Waals surface area contributed by atoms with E-state index in [0.717, 1.165) is 0 Å². The van der Waals surface area contributed by atoms with E-state index in [1.807, 2.05) is 0 Å². The Morgan fingerprint density at radius 2 is 1.94 bits per heavy atom. The molecule has 0 saturated heterocycles. The molecule has 1 rings (SSSR count). The number of carbonyl (C=O) groups is 1. The van der Waals surface area contributed by atoms with Crippen molar-refractivity contribution in [2.75, 3.05) is 32.9 Å². The highest BCUT2D eigenvalue weighted by molar-refractivity contribution is 6.30. The number of carbonyl (C=O) groups excluding carboxylic acids is 1. The molecule has 1 aromatic carbocycles. The van der Waals surface area contributed by atoms with Crippen LogP contribution in [0.1, 0.15) is 0 Å². The van der Waals surface area contributed by atoms with Gasteiger partial charge in [0.05, 0.1) is 13.2 Å². The fourth-order valence-corrected chi connectivity index (χ4v) is 1.58. The van der Waals surface area contributed by atoms with E-state index in [1.54, 1.807) is 24.3 Å². The summed E-state index contributed by atoms with van der Waals surface area (Å²) in [5, 5.41) is 18.1. The molecular weight excluding hydrogens is 258 g/mol. The smallest absolute Gasteiger partial charge is 0.260 e. The molecule has 1 aromatic rings. The lowest BCUT2D eigenvalue weighted by atomic mass is 10.3. The zero-order chi connectivity index (χ0) is 13.4. The highest BCUT2D eigenvalue weighted by Crippen LogP contribution is 2.16. The summed E-state index contributed by atoms with van der Waals surface area (Å²) in [6.45, 7) is -0.0945. The molecule has 0 atom stereocenters. The van der Waals surface area contributed by atoms with Crippen LogP contribution < -0.4 is 4.74 Å². The first kappa shape index (κ1) is 14.8. The molecule has 5 nitrogen and oxygen atoms in total. The van der Waals surface area contributed by atoms with Gasteiger partial charge in [0.1, 0.15) is 5.75 Å². The SMILES string of the molecule is O=C(COc1cccc(Cl)c1)N(CCO)CCO. The van der Waals surface area contributed by atoms with E-state index in [4.69, 9.17) is 26.6 Å². The van der Waals surface area contributed by atoms with Gasteiger partial charge >= 0.3 is 0 Å². The summed E-state index contributed by atoms with van der Waals surface area (Å²) in [5.41, 5.74) is 0. The molecule has 0 aliphatic carbocycles. The summed E-state index contributed by atoms with van der Waals surface area (Å²) in [6.07, 6.45) is 0. The topological polar surface area (TPSA) is 70.0 Å². The van der Waals surface area contributed by atoms with Crippen LogP contribution in [0.15, 0.2) is 24.3 Å². The second-order valence-electron chi connectivity index (χ2n) is 3.57. The van der Waals surface area contributed by atoms with Crippen molar-refractivity contribution in [3.8, 4) is 5.75 Å². The maximum absolute atomic E-state index is 11.7. The molecule has 0 fully saturated rings. The summed E-state index contributed by atoms with van der Waals surface area (Å²) < 4.78 is 5.28. The van der Waals surface area contributed by atoms with Crippen LogP contribution in [0.2, 0.25) is 5.02 Å². The molecule has 0 unspecified atom stereocenters. The number of aliphatic hydroxyl groups excluding tert-OH is 2. The Balaban J connectivity index is 2.48. The van der Waals surface area contributed by atoms with E-state index < -0.39 is 0 Å². The lowest BCUT2D eigenvalue weighted by Gasteiger charge is -2.20. The number of aliphatic hydroxyl groups is 2. The van der Waals surface area contributed by atoms with Gasteiger partial charge in [-0.2, -0.15) is 0 Å². The van der Waals surface area contributed by atoms with Gasteiger partial charge in [0.25, 0.3) is 5.91 Å². The quantitative estimate of drug-likeness (QED) is 0.760. The number of hydrogen-bond acceptors (Lipinski definition) is 4. The Labute approximate surface area is 111 Å². The monoisotopic (exact) mass is 273 g/mol. The van der Waals surface area contributed by atoms with Crippen molar-refractivity contribution in [1.29, 1.82) is 0 Å². The van der Waals surface area contributed by atoms with Crippen molar-refractivity contribution in [2.45, 2.75) is 0 Å². The standard InChI is InChI=1S/C12H16ClNO4/c13-10-2-1-3-11(8-10)18-9-12(17)14(4-6-15)5-7-16/h1-3,8,15-16H,4-7,9H2. The largest absolute Gasteiger partial charge is 0.484 e. The van der Waals surface area contributed by atoms with Gasteiger partial charge in [-0.05, 0) is 18.2 Å². The Hall–Kier alpha value is -1.30. The minimum Gasteiger partial charge on any atom is -0.484 e. The highest BCUT2D eigenvalue weighted by atomic mass is 35.5. The van der Waals surface area contributed by atoms with Crippen molar-refractivity contribution in [1.82, 2.24) is 4.90 Å². The van der Waals surface area contributed by atoms with Gasteiger partial charge in [0.2, 0.25) is 0 Å². The molecule has 0 bridgehead atoms. The van der Waals surface area contributed by atoms with Gasteiger partial charge in [-0.1, -0.05) is 17.7 Å². The zero-order valence-corrected chi connectivity index (χ0v) is 10.6. The van der Waals surface area contributed by atoms with Crippen LogP contribution in [0.3, 0.4) is 0 Å². The predicted octanol–water partition coefficient (Wildman–Crippen LogP) is 0.532. The number of hydrogen-bond donors (Lipinski definition) is 2. The van der Waals surface area contributed by atoms with E-state index in [1.165, 1.54) is 4.90 Å². The predicted molar refractivity (Wildman–Crippen MR) is 67.7 cm³/mol. The molecule has 0 spiro atoms. The van der Waals surface area contributed by atoms with Crippen molar-refractivity contribution < 1.29 is 19.7 Å². The first-order valence-electron chi connectivity index (χ1n) is 5.55. The van der Waals surface area contributed by atoms with Crippen molar-refractivity contribution in [3.05, 3.63) is 29.3 Å². The third-order valence-electron chi connectivity index (χ3n) is 2.25. The van der Waals surface area contributed by atoms with Crippen LogP contribution in [-0.2, 0) is 4.79 Å². The third-order valence-corrected chi connectivity index (χ3v) is 2.49. The molecule has 0 heterocycles. The number of ether oxygens (including phenoxy) is 1. The normalized spacial score (nSPS) is 10.2. The first-order chi connectivity index (χ1) is 8.67. The van der Waals surface area contributed by atoms with E-state index in [0.29, 0.717) is 10.8 Å². The molecule has 18 heavy (non-hydrogen) atoms. The molecule has 0 aliphatic rings. The van der Waals surface area contributed by atoms with Crippen LogP contribution >= 0.6 is 11.6 Å². The lowest BCUT2D eigenvalue weighted by molar-refractivity contribution is -0.134. The number of rotatable bonds is 7. The highest BCUT2D eigenvalue weighted by Gasteiger charge is 2.12. The van der Waals surface area contributed by atoms with Gasteiger partial charge in [-0.25, -0.2) is 0 Å². The molecule has 0 radical (unpaired) electrons. The summed E-state index contributed by atoms with van der Waals surface area (Å²) in [4.78, 5) is 13.1. The van der Waals surface area contributed by atoms with E-state index in [9.17, 15) is 4.79 Å². The molecule has 0 aliphatic heterocycles. The van der Waals surface area contributed by atoms with Gasteiger partial charge in [-0.3, -0.25) is 4.79 Å². The summed E-state index contributed by atoms with van der Waals surface area (Å²) >= 11 is 5.78. The van der Waals surface area contributed by atoms with E-state index in [2.05, 4.69) is 0 Å². The molecule has 100 valence electrons. The fourth-order valence-electron chi connectivity index (χ4n) is 1.40. The van der Waals surface area contributed by atoms with Gasteiger partial charge in [0, 0.05) is 18.1 Å². The molecule has 1 amide bonds. The number of amides is 1. The van der Waals surface area contributed by atoms with Crippen LogP contribution in [-0.4, -0.2) is 53.9 Å². The van der Waals surface area contributed by atoms with Crippen LogP contribution in [0.5, 0.6) is 5.75 Å². The minimum absolute atomic E-state index is 0.150. The Morgan fingerprint density at radius 1 is 1.28 bits per heavy atom. The summed E-state index contributed by atoms with van der Waals surface area (Å²) in [6, 6.07) is 6.74. The first-order valence-corrected chi connectivity index (χ1v) is 5.93. The van der Waals surface area contributed by atoms with Crippen LogP contribution in [0.25, 0.3) is 0 Å². The van der Waals surface area contributed by atoms with E-state index >= 15 is 0 Å². The maximum atomic E-state index is 11.7. The summed E-state index contributed by atoms with van der Waals surface area (Å²) in [5.74, 6) is 0.210. The Kier molecular flexibility index (Phi) is 6.49. The van der Waals surface area contributed by atoms with Crippen molar-refractivity contribution >= 4 is 17.5 Å². The molecule has 2 N–H and O–H groups in total. The molecule has 6 heteroatoms. The molecule has 0 aromatic heterocycles. The fraction of sp³-hybridized carbons (Fsp3) is 0.417. The molecular formula is C12H16ClNO4. The number of halogens is 1. The van der Waals surface area contributed by atoms with Crippen LogP contribution in [0.4, 0.5) is 0 Å². The molecule has 0 saturated carbocycles. The number of benzene rings is 1. The van der Waals surface area contributed by atoms with Crippen LogP contribution in [0, 0.1) is 0 Å². The third kappa shape index (κ3) is 4.91. The zero-order valence-electron chi connectivity index (χ0n) is 9.88. The van der Waals surface area contributed by atoms with Crippen molar-refractivity contribution in [2.24, 2.45) is 0 Å². The second kappa shape index (κ2) is 7.92. The van der Waals surface area contributed by atoms with Gasteiger partial charge < -0.3 is 19.8 Å². The average Bonchev–Trinajstić information content (AvgIpc) is 2.36. The maximum Gasteiger partial charge on any atom is 0.260 e. The van der Waals surface area contributed by atoms with E-state index in [-0.39, 0.29) is 38.8 Å². The van der Waals surface area contributed by atoms with Gasteiger partial charge in [0.15, 0.2) is 6.61 Å². The Morgan fingerprint density at radius 3 is 2.50 bits per heavy atom. The Bertz CT molecular complexity index is 380. The number of nitrogens with zero attached hydrogens (tertiary/aromatic N) is 1. The van der Waals surface area contributed by atoms with Gasteiger partial charge in [-0.15, -0.1) is 0 Å². The average molecular weight is 274 g/mol. The minimum atomic E-state index is -0.293.